The van der Waals surface area contributed by atoms with Gasteiger partial charge in [0.1, 0.15) is 0 Å². The van der Waals surface area contributed by atoms with Crippen LogP contribution in [0.2, 0.25) is 0 Å². The Morgan fingerprint density at radius 1 is 1.48 bits per heavy atom. The molecule has 3 heterocycles. The zero-order chi connectivity index (χ0) is 16.2. The molecule has 0 radical (unpaired) electrons. The number of carbonyl (C=O) groups excluding carboxylic acids is 1. The minimum absolute atomic E-state index is 0.170. The summed E-state index contributed by atoms with van der Waals surface area (Å²) >= 11 is 3.12. The van der Waals surface area contributed by atoms with Crippen LogP contribution in [-0.2, 0) is 11.3 Å². The van der Waals surface area contributed by atoms with Crippen LogP contribution in [-0.4, -0.2) is 49.4 Å². The Hall–Kier alpha value is -1.41. The first-order valence-electron chi connectivity index (χ1n) is 7.87. The van der Waals surface area contributed by atoms with E-state index in [2.05, 4.69) is 28.5 Å². The van der Waals surface area contributed by atoms with Gasteiger partial charge in [0.2, 0.25) is 11.1 Å². The summed E-state index contributed by atoms with van der Waals surface area (Å²) < 4.78 is 1.76. The topological polar surface area (TPSA) is 63.9 Å². The normalized spacial score (nSPS) is 17.4. The fraction of sp³-hybridized carbons (Fsp3) is 0.600. The highest BCUT2D eigenvalue weighted by Crippen LogP contribution is 2.25. The third kappa shape index (κ3) is 4.11. The smallest absolute Gasteiger partial charge is 0.235 e. The molecule has 1 saturated heterocycles. The van der Waals surface area contributed by atoms with E-state index in [9.17, 15) is 4.79 Å². The number of amides is 1. The third-order valence-corrected chi connectivity index (χ3v) is 6.03. The Balaban J connectivity index is 1.60. The van der Waals surface area contributed by atoms with Gasteiger partial charge >= 0.3 is 0 Å². The van der Waals surface area contributed by atoms with Crippen LogP contribution in [0.5, 0.6) is 0 Å². The Bertz CT molecular complexity index is 634. The minimum atomic E-state index is -0.170. The molecule has 0 unspecified atom stereocenters. The van der Waals surface area contributed by atoms with Crippen molar-refractivity contribution in [3.05, 3.63) is 22.4 Å². The number of hydrogen-bond donors (Lipinski definition) is 0. The van der Waals surface area contributed by atoms with Crippen molar-refractivity contribution in [2.45, 2.75) is 43.6 Å². The van der Waals surface area contributed by atoms with Crippen LogP contribution >= 0.6 is 23.1 Å². The predicted molar refractivity (Wildman–Crippen MR) is 91.5 cm³/mol. The Labute approximate surface area is 144 Å². The number of carbonyl (C=O) groups is 1. The van der Waals surface area contributed by atoms with E-state index in [4.69, 9.17) is 0 Å². The molecule has 0 bridgehead atoms. The number of likely N-dealkylation sites (tertiary alicyclic amines) is 1. The van der Waals surface area contributed by atoms with Crippen molar-refractivity contribution in [2.24, 2.45) is 5.92 Å². The summed E-state index contributed by atoms with van der Waals surface area (Å²) in [5.41, 5.74) is 0. The van der Waals surface area contributed by atoms with E-state index in [0.29, 0.717) is 11.7 Å². The van der Waals surface area contributed by atoms with E-state index in [1.54, 1.807) is 16.0 Å². The maximum Gasteiger partial charge on any atom is 0.235 e. The second kappa shape index (κ2) is 7.44. The molecule has 6 nitrogen and oxygen atoms in total. The summed E-state index contributed by atoms with van der Waals surface area (Å²) in [6.07, 6.45) is 2.19. The van der Waals surface area contributed by atoms with E-state index >= 15 is 0 Å². The quantitative estimate of drug-likeness (QED) is 0.775. The summed E-state index contributed by atoms with van der Waals surface area (Å²) in [7, 11) is 0. The summed E-state index contributed by atoms with van der Waals surface area (Å²) in [4.78, 5) is 15.8. The first-order chi connectivity index (χ1) is 11.1. The molecule has 8 heteroatoms. The van der Waals surface area contributed by atoms with Gasteiger partial charge in [0.05, 0.1) is 11.8 Å². The van der Waals surface area contributed by atoms with Crippen LogP contribution in [0.15, 0.2) is 22.7 Å². The van der Waals surface area contributed by atoms with Gasteiger partial charge in [0.15, 0.2) is 0 Å². The van der Waals surface area contributed by atoms with Crippen LogP contribution in [0.1, 0.15) is 31.6 Å². The fourth-order valence-corrected chi connectivity index (χ4v) is 4.18. The molecule has 1 aliphatic heterocycles. The number of tetrazole rings is 1. The fourth-order valence-electron chi connectivity index (χ4n) is 2.62. The lowest BCUT2D eigenvalue weighted by Crippen LogP contribution is -2.41. The number of aromatic nitrogens is 4. The first-order valence-corrected chi connectivity index (χ1v) is 9.63. The van der Waals surface area contributed by atoms with Gasteiger partial charge in [-0.2, -0.15) is 0 Å². The largest absolute Gasteiger partial charge is 0.342 e. The molecule has 1 atom stereocenters. The van der Waals surface area contributed by atoms with E-state index in [1.165, 1.54) is 16.6 Å². The molecule has 2 aromatic rings. The highest BCUT2D eigenvalue weighted by atomic mass is 32.2. The lowest BCUT2D eigenvalue weighted by Gasteiger charge is -2.31. The van der Waals surface area contributed by atoms with Gasteiger partial charge in [0.25, 0.3) is 0 Å². The molecule has 2 aromatic heterocycles. The lowest BCUT2D eigenvalue weighted by atomic mass is 9.99. The van der Waals surface area contributed by atoms with Gasteiger partial charge in [-0.15, -0.1) is 16.4 Å². The molecule has 3 rings (SSSR count). The maximum absolute atomic E-state index is 12.6. The molecule has 0 aliphatic carbocycles. The SMILES string of the molecule is CC1CCN(C(=O)[C@@H](C)Sc2nnnn2Cc2cccs2)CC1. The van der Waals surface area contributed by atoms with Gasteiger partial charge in [0, 0.05) is 18.0 Å². The monoisotopic (exact) mass is 351 g/mol. The number of thiophene rings is 1. The Morgan fingerprint density at radius 3 is 2.96 bits per heavy atom. The van der Waals surface area contributed by atoms with Crippen molar-refractivity contribution in [3.8, 4) is 0 Å². The third-order valence-electron chi connectivity index (χ3n) is 4.11. The summed E-state index contributed by atoms with van der Waals surface area (Å²) in [6, 6.07) is 4.07. The van der Waals surface area contributed by atoms with Crippen molar-refractivity contribution < 1.29 is 4.79 Å². The zero-order valence-corrected chi connectivity index (χ0v) is 15.0. The second-order valence-corrected chi connectivity index (χ2v) is 8.31. The molecule has 0 aromatic carbocycles. The minimum Gasteiger partial charge on any atom is -0.342 e. The average Bonchev–Trinajstić information content (AvgIpc) is 3.20. The van der Waals surface area contributed by atoms with Gasteiger partial charge < -0.3 is 4.90 Å². The predicted octanol–water partition coefficient (Wildman–Crippen LogP) is 2.52. The van der Waals surface area contributed by atoms with Crippen LogP contribution in [0.3, 0.4) is 0 Å². The summed E-state index contributed by atoms with van der Waals surface area (Å²) in [5, 5.41) is 14.4. The standard InChI is InChI=1S/C15H21N5OS2/c1-11-5-7-19(8-6-11)14(21)12(2)23-15-16-17-18-20(15)10-13-4-3-9-22-13/h3-4,9,11-12H,5-8,10H2,1-2H3/t12-/m1/s1. The molecule has 0 saturated carbocycles. The molecule has 23 heavy (non-hydrogen) atoms. The zero-order valence-electron chi connectivity index (χ0n) is 13.4. The number of thioether (sulfide) groups is 1. The number of piperidine rings is 1. The van der Waals surface area contributed by atoms with Crippen LogP contribution in [0.25, 0.3) is 0 Å². The van der Waals surface area contributed by atoms with Gasteiger partial charge in [-0.05, 0) is 47.6 Å². The lowest BCUT2D eigenvalue weighted by molar-refractivity contribution is -0.131. The molecule has 1 aliphatic rings. The summed E-state index contributed by atoms with van der Waals surface area (Å²) in [5.74, 6) is 0.910. The molecule has 1 fully saturated rings. The number of nitrogens with zero attached hydrogens (tertiary/aromatic N) is 5. The van der Waals surface area contributed by atoms with E-state index in [-0.39, 0.29) is 11.2 Å². The van der Waals surface area contributed by atoms with Gasteiger partial charge in [-0.3, -0.25) is 4.79 Å². The molecular formula is C15H21N5OS2. The average molecular weight is 352 g/mol. The van der Waals surface area contributed by atoms with Crippen molar-refractivity contribution in [3.63, 3.8) is 0 Å². The Kier molecular flexibility index (Phi) is 5.32. The van der Waals surface area contributed by atoms with Crippen LogP contribution in [0, 0.1) is 5.92 Å². The highest BCUT2D eigenvalue weighted by molar-refractivity contribution is 8.00. The molecule has 0 N–H and O–H groups in total. The van der Waals surface area contributed by atoms with Crippen molar-refractivity contribution in [2.75, 3.05) is 13.1 Å². The van der Waals surface area contributed by atoms with Crippen molar-refractivity contribution in [1.82, 2.24) is 25.1 Å². The molecule has 1 amide bonds. The van der Waals surface area contributed by atoms with Crippen LogP contribution < -0.4 is 0 Å². The maximum atomic E-state index is 12.6. The van der Waals surface area contributed by atoms with E-state index in [0.717, 1.165) is 31.8 Å². The van der Waals surface area contributed by atoms with E-state index in [1.807, 2.05) is 23.3 Å². The molecule has 124 valence electrons. The highest BCUT2D eigenvalue weighted by Gasteiger charge is 2.26. The van der Waals surface area contributed by atoms with Crippen molar-refractivity contribution >= 4 is 29.0 Å². The second-order valence-electron chi connectivity index (χ2n) is 5.97. The first kappa shape index (κ1) is 16.4. The van der Waals surface area contributed by atoms with E-state index < -0.39 is 0 Å². The number of hydrogen-bond acceptors (Lipinski definition) is 6. The van der Waals surface area contributed by atoms with Crippen molar-refractivity contribution in [1.29, 1.82) is 0 Å². The molecule has 0 spiro atoms. The summed E-state index contributed by atoms with van der Waals surface area (Å²) in [6.45, 7) is 6.57. The van der Waals surface area contributed by atoms with Gasteiger partial charge in [-0.25, -0.2) is 4.68 Å². The molecular weight excluding hydrogens is 330 g/mol. The van der Waals surface area contributed by atoms with Crippen LogP contribution in [0.4, 0.5) is 0 Å². The van der Waals surface area contributed by atoms with Gasteiger partial charge in [-0.1, -0.05) is 24.8 Å². The number of rotatable bonds is 5. The Morgan fingerprint density at radius 2 is 2.26 bits per heavy atom.